The first-order valence-electron chi connectivity index (χ1n) is 9.91. The van der Waals surface area contributed by atoms with Gasteiger partial charge in [-0.05, 0) is 25.0 Å². The van der Waals surface area contributed by atoms with Crippen LogP contribution in [0.25, 0.3) is 0 Å². The van der Waals surface area contributed by atoms with Gasteiger partial charge in [0.2, 0.25) is 5.82 Å². The van der Waals surface area contributed by atoms with Gasteiger partial charge in [0.15, 0.2) is 0 Å². The molecule has 0 amide bonds. The maximum atomic E-state index is 14.2. The summed E-state index contributed by atoms with van der Waals surface area (Å²) in [4.78, 5) is 28.1. The van der Waals surface area contributed by atoms with Crippen LogP contribution < -0.4 is 21.6 Å². The summed E-state index contributed by atoms with van der Waals surface area (Å²) in [6.45, 7) is -0.484. The van der Waals surface area contributed by atoms with Gasteiger partial charge in [0, 0.05) is 0 Å². The van der Waals surface area contributed by atoms with E-state index in [1.54, 1.807) is 9.98 Å². The predicted octanol–water partition coefficient (Wildman–Crippen LogP) is 1.98. The normalized spacial score (nSPS) is 19.2. The minimum Gasteiger partial charge on any atom is -0.467 e. The summed E-state index contributed by atoms with van der Waals surface area (Å²) in [5.74, 6) is -1.81. The van der Waals surface area contributed by atoms with Gasteiger partial charge in [0.25, 0.3) is 11.4 Å². The Kier molecular flexibility index (Phi) is 5.24. The lowest BCUT2D eigenvalue weighted by atomic mass is 9.84. The van der Waals surface area contributed by atoms with Crippen LogP contribution in [-0.4, -0.2) is 27.7 Å². The largest absolute Gasteiger partial charge is 0.467 e. The fourth-order valence-electron chi connectivity index (χ4n) is 4.36. The summed E-state index contributed by atoms with van der Waals surface area (Å²) in [7, 11) is 0. The Hall–Kier alpha value is -2.99. The topological polar surface area (TPSA) is 94.0 Å². The second-order valence-corrected chi connectivity index (χ2v) is 7.89. The van der Waals surface area contributed by atoms with Crippen molar-refractivity contribution in [3.05, 3.63) is 50.6 Å². The molecule has 0 radical (unpaired) electrons. The van der Waals surface area contributed by atoms with Crippen molar-refractivity contribution in [1.29, 1.82) is 0 Å². The molecule has 13 heteroatoms. The molecule has 0 spiro atoms. The second kappa shape index (κ2) is 7.55. The van der Waals surface area contributed by atoms with E-state index in [2.05, 4.69) is 5.32 Å². The number of rotatable bonds is 3. The number of aromatic amines is 1. The Bertz CT molecular complexity index is 1120. The fourth-order valence-corrected chi connectivity index (χ4v) is 4.36. The highest BCUT2D eigenvalue weighted by Gasteiger charge is 2.78. The molecule has 4 rings (SSSR count). The number of furan rings is 1. The molecule has 0 unspecified atom stereocenters. The zero-order valence-corrected chi connectivity index (χ0v) is 16.5. The number of amidine groups is 1. The molecular formula is C19H19F6N4O3+. The molecule has 2 aliphatic rings. The number of nitrogens with one attached hydrogen (secondary N) is 3. The average molecular weight is 465 g/mol. The van der Waals surface area contributed by atoms with Crippen molar-refractivity contribution in [3.8, 4) is 0 Å². The summed E-state index contributed by atoms with van der Waals surface area (Å²) in [5.41, 5.74) is -9.30. The monoisotopic (exact) mass is 465 g/mol. The second-order valence-electron chi connectivity index (χ2n) is 7.89. The van der Waals surface area contributed by atoms with E-state index >= 15 is 0 Å². The summed E-state index contributed by atoms with van der Waals surface area (Å²) >= 11 is 0. The van der Waals surface area contributed by atoms with Crippen LogP contribution in [-0.2, 0) is 12.1 Å². The van der Waals surface area contributed by atoms with Gasteiger partial charge in [-0.3, -0.25) is 19.3 Å². The van der Waals surface area contributed by atoms with Gasteiger partial charge in [0.1, 0.15) is 11.3 Å². The molecule has 2 aromatic heterocycles. The number of halogens is 6. The molecule has 0 bridgehead atoms. The predicted molar refractivity (Wildman–Crippen MR) is 99.1 cm³/mol. The van der Waals surface area contributed by atoms with Crippen molar-refractivity contribution in [2.45, 2.75) is 56.5 Å². The molecule has 1 aliphatic carbocycles. The molecule has 3 heterocycles. The first-order chi connectivity index (χ1) is 15.0. The molecule has 7 nitrogen and oxygen atoms in total. The Morgan fingerprint density at radius 2 is 1.75 bits per heavy atom. The Morgan fingerprint density at radius 3 is 2.31 bits per heavy atom. The quantitative estimate of drug-likeness (QED) is 0.605. The first-order valence-corrected chi connectivity index (χ1v) is 9.91. The molecular weight excluding hydrogens is 446 g/mol. The van der Waals surface area contributed by atoms with E-state index in [-0.39, 0.29) is 5.76 Å². The molecule has 2 aromatic rings. The van der Waals surface area contributed by atoms with Crippen molar-refractivity contribution in [2.24, 2.45) is 5.92 Å². The van der Waals surface area contributed by atoms with Gasteiger partial charge in [-0.1, -0.05) is 19.3 Å². The van der Waals surface area contributed by atoms with Crippen LogP contribution in [0.3, 0.4) is 0 Å². The van der Waals surface area contributed by atoms with E-state index in [1.165, 1.54) is 18.4 Å². The summed E-state index contributed by atoms with van der Waals surface area (Å²) in [5, 5.41) is 2.54. The van der Waals surface area contributed by atoms with E-state index in [0.717, 1.165) is 6.42 Å². The minimum absolute atomic E-state index is 0.102. The molecule has 0 atom stereocenters. The number of H-pyrrole nitrogens is 1. The van der Waals surface area contributed by atoms with Crippen LogP contribution in [0.1, 0.15) is 43.4 Å². The van der Waals surface area contributed by atoms with Crippen molar-refractivity contribution in [3.63, 3.8) is 0 Å². The van der Waals surface area contributed by atoms with Gasteiger partial charge in [-0.25, -0.2) is 10.1 Å². The van der Waals surface area contributed by atoms with Crippen LogP contribution in [0.5, 0.6) is 0 Å². The van der Waals surface area contributed by atoms with Crippen LogP contribution in [0.4, 0.5) is 32.2 Å². The number of hydrogen-bond acceptors (Lipinski definition) is 4. The number of anilines is 1. The standard InChI is InChI=1S/C19H18F6N4O3/c20-18(21,22)17(19(23,24)25)12-14(26-13(28-17)10-5-2-1-3-6-10)29(16(31)27-15(12)30)9-11-7-4-8-32-11/h4,7-8,10H,1-3,5-6,9H2,(H,26,28)(H,27,30,31)/p+1. The lowest BCUT2D eigenvalue weighted by Crippen LogP contribution is -2.97. The summed E-state index contributed by atoms with van der Waals surface area (Å²) in [6.07, 6.45) is -7.85. The molecule has 0 saturated heterocycles. The molecule has 32 heavy (non-hydrogen) atoms. The van der Waals surface area contributed by atoms with Crippen molar-refractivity contribution in [2.75, 3.05) is 5.32 Å². The lowest BCUT2D eigenvalue weighted by Gasteiger charge is -2.36. The minimum atomic E-state index is -5.94. The lowest BCUT2D eigenvalue weighted by molar-refractivity contribution is -0.660. The third-order valence-electron chi connectivity index (χ3n) is 5.91. The highest BCUT2D eigenvalue weighted by molar-refractivity contribution is 5.94. The third-order valence-corrected chi connectivity index (χ3v) is 5.91. The maximum absolute atomic E-state index is 14.2. The van der Waals surface area contributed by atoms with E-state index < -0.39 is 58.8 Å². The first kappa shape index (κ1) is 22.2. The van der Waals surface area contributed by atoms with Crippen molar-refractivity contribution < 1.29 is 35.8 Å². The van der Waals surface area contributed by atoms with Crippen molar-refractivity contribution >= 4 is 11.7 Å². The Labute approximate surface area is 176 Å². The third kappa shape index (κ3) is 3.43. The van der Waals surface area contributed by atoms with Gasteiger partial charge in [-0.15, -0.1) is 0 Å². The van der Waals surface area contributed by atoms with E-state index in [4.69, 9.17) is 4.42 Å². The highest BCUT2D eigenvalue weighted by atomic mass is 19.4. The Balaban J connectivity index is 2.03. The van der Waals surface area contributed by atoms with Crippen LogP contribution in [0, 0.1) is 5.92 Å². The zero-order chi connectivity index (χ0) is 23.3. The number of hydrogen-bond donors (Lipinski definition) is 3. The van der Waals surface area contributed by atoms with Gasteiger partial charge < -0.3 is 4.42 Å². The number of fused-ring (bicyclic) bond motifs is 1. The van der Waals surface area contributed by atoms with Gasteiger partial charge in [0.05, 0.1) is 18.7 Å². The summed E-state index contributed by atoms with van der Waals surface area (Å²) in [6, 6.07) is 2.85. The fraction of sp³-hybridized carbons (Fsp3) is 0.526. The molecule has 3 N–H and O–H groups in total. The molecule has 1 saturated carbocycles. The number of alkyl halides is 6. The van der Waals surface area contributed by atoms with Crippen molar-refractivity contribution in [1.82, 2.24) is 9.55 Å². The zero-order valence-electron chi connectivity index (χ0n) is 16.5. The SMILES string of the molecule is O=c1[nH]c(=O)n(Cc2ccco2)c2c1C(C(F)(F)F)(C(F)(F)F)[NH+]=C(C1CCCCC1)N2. The average Bonchev–Trinajstić information content (AvgIpc) is 3.22. The van der Waals surface area contributed by atoms with Crippen LogP contribution >= 0.6 is 0 Å². The van der Waals surface area contributed by atoms with Gasteiger partial charge in [-0.2, -0.15) is 26.3 Å². The Morgan fingerprint density at radius 1 is 1.09 bits per heavy atom. The van der Waals surface area contributed by atoms with Gasteiger partial charge >= 0.3 is 23.6 Å². The molecule has 1 fully saturated rings. The molecule has 1 aliphatic heterocycles. The molecule has 0 aromatic carbocycles. The smallest absolute Gasteiger partial charge is 0.446 e. The highest BCUT2D eigenvalue weighted by Crippen LogP contribution is 2.48. The van der Waals surface area contributed by atoms with Crippen LogP contribution in [0.2, 0.25) is 0 Å². The van der Waals surface area contributed by atoms with Crippen LogP contribution in [0.15, 0.2) is 32.4 Å². The van der Waals surface area contributed by atoms with E-state index in [9.17, 15) is 35.9 Å². The maximum Gasteiger partial charge on any atom is 0.446 e. The summed E-state index contributed by atoms with van der Waals surface area (Å²) < 4.78 is 91.0. The molecule has 174 valence electrons. The van der Waals surface area contributed by atoms with E-state index in [1.807, 2.05) is 0 Å². The number of aromatic nitrogens is 2. The number of nitrogens with zero attached hydrogens (tertiary/aromatic N) is 1. The van der Waals surface area contributed by atoms with E-state index in [0.29, 0.717) is 30.3 Å².